The zero-order valence-corrected chi connectivity index (χ0v) is 13.9. The molecule has 0 bridgehead atoms. The molecule has 1 amide bonds. The van der Waals surface area contributed by atoms with Crippen LogP contribution in [0.3, 0.4) is 0 Å². The van der Waals surface area contributed by atoms with Crippen molar-refractivity contribution in [1.82, 2.24) is 15.3 Å². The normalized spacial score (nSPS) is 12.9. The molecule has 0 aliphatic heterocycles. The second-order valence-electron chi connectivity index (χ2n) is 5.06. The summed E-state index contributed by atoms with van der Waals surface area (Å²) >= 11 is 0.847. The molecule has 2 aromatic rings. The second-order valence-corrected chi connectivity index (χ2v) is 6.00. The number of furan rings is 1. The largest absolute Gasteiger partial charge is 0.463 e. The maximum absolute atomic E-state index is 13.0. The van der Waals surface area contributed by atoms with Crippen LogP contribution >= 0.6 is 11.8 Å². The zero-order valence-electron chi connectivity index (χ0n) is 13.1. The van der Waals surface area contributed by atoms with E-state index in [1.165, 1.54) is 12.3 Å². The summed E-state index contributed by atoms with van der Waals surface area (Å²) in [6, 6.07) is 3.88. The Morgan fingerprint density at radius 3 is 2.75 bits per heavy atom. The van der Waals surface area contributed by atoms with Crippen LogP contribution in [0.15, 0.2) is 34.0 Å². The Morgan fingerprint density at radius 1 is 1.42 bits per heavy atom. The lowest BCUT2D eigenvalue weighted by Gasteiger charge is -2.11. The summed E-state index contributed by atoms with van der Waals surface area (Å²) in [6.45, 7) is 3.77. The Hall–Kier alpha value is -2.03. The van der Waals surface area contributed by atoms with Crippen molar-refractivity contribution in [2.75, 3.05) is 5.75 Å². The van der Waals surface area contributed by atoms with E-state index in [2.05, 4.69) is 15.3 Å². The first-order chi connectivity index (χ1) is 11.3. The van der Waals surface area contributed by atoms with Crippen molar-refractivity contribution >= 4 is 17.7 Å². The van der Waals surface area contributed by atoms with Crippen LogP contribution in [-0.2, 0) is 11.0 Å². The predicted octanol–water partition coefficient (Wildman–Crippen LogP) is 3.76. The third-order valence-electron chi connectivity index (χ3n) is 3.12. The Labute approximate surface area is 141 Å². The highest BCUT2D eigenvalue weighted by Crippen LogP contribution is 2.32. The van der Waals surface area contributed by atoms with E-state index in [9.17, 15) is 18.0 Å². The second kappa shape index (κ2) is 7.69. The third-order valence-corrected chi connectivity index (χ3v) is 3.97. The molecule has 2 rings (SSSR count). The van der Waals surface area contributed by atoms with Crippen molar-refractivity contribution in [3.05, 3.63) is 30.2 Å². The van der Waals surface area contributed by atoms with Crippen LogP contribution in [-0.4, -0.2) is 27.7 Å². The first-order valence-corrected chi connectivity index (χ1v) is 8.20. The van der Waals surface area contributed by atoms with Crippen molar-refractivity contribution in [3.8, 4) is 11.5 Å². The molecule has 24 heavy (non-hydrogen) atoms. The quantitative estimate of drug-likeness (QED) is 0.628. The number of nitrogens with zero attached hydrogens (tertiary/aromatic N) is 2. The average molecular weight is 359 g/mol. The molecule has 1 atom stereocenters. The molecule has 0 aromatic carbocycles. The van der Waals surface area contributed by atoms with Gasteiger partial charge in [-0.2, -0.15) is 13.2 Å². The molecule has 9 heteroatoms. The lowest BCUT2D eigenvalue weighted by Crippen LogP contribution is -2.33. The van der Waals surface area contributed by atoms with Crippen LogP contribution in [0.2, 0.25) is 0 Å². The fraction of sp³-hybridized carbons (Fsp3) is 0.400. The molecular formula is C15H16F3N3O2S. The molecule has 2 aromatic heterocycles. The van der Waals surface area contributed by atoms with E-state index >= 15 is 0 Å². The van der Waals surface area contributed by atoms with Crippen LogP contribution in [0.25, 0.3) is 11.5 Å². The van der Waals surface area contributed by atoms with Crippen molar-refractivity contribution in [2.45, 2.75) is 37.6 Å². The van der Waals surface area contributed by atoms with E-state index in [0.29, 0.717) is 0 Å². The first kappa shape index (κ1) is 18.3. The number of hydrogen-bond donors (Lipinski definition) is 1. The standard InChI is InChI=1S/C15H16F3N3O2S/c1-3-9(2)19-13(22)8-24-14-20-10(11-5-4-6-23-11)7-12(21-14)15(16,17)18/h4-7,9H,3,8H2,1-2H3,(H,19,22). The highest BCUT2D eigenvalue weighted by atomic mass is 32.2. The van der Waals surface area contributed by atoms with Gasteiger partial charge in [0.05, 0.1) is 12.0 Å². The van der Waals surface area contributed by atoms with E-state index in [1.54, 1.807) is 6.07 Å². The summed E-state index contributed by atoms with van der Waals surface area (Å²) in [6.07, 6.45) is -2.51. The lowest BCUT2D eigenvalue weighted by molar-refractivity contribution is -0.141. The number of carbonyl (C=O) groups is 1. The fourth-order valence-corrected chi connectivity index (χ4v) is 2.40. The number of halogens is 3. The highest BCUT2D eigenvalue weighted by Gasteiger charge is 2.34. The van der Waals surface area contributed by atoms with Gasteiger partial charge in [-0.1, -0.05) is 18.7 Å². The molecule has 2 heterocycles. The van der Waals surface area contributed by atoms with E-state index < -0.39 is 11.9 Å². The third kappa shape index (κ3) is 4.98. The number of rotatable bonds is 6. The molecule has 0 saturated carbocycles. The molecule has 5 nitrogen and oxygen atoms in total. The molecule has 1 N–H and O–H groups in total. The Kier molecular flexibility index (Phi) is 5.87. The zero-order chi connectivity index (χ0) is 17.7. The molecule has 0 spiro atoms. The molecule has 0 radical (unpaired) electrons. The van der Waals surface area contributed by atoms with Gasteiger partial charge in [0.15, 0.2) is 10.9 Å². The summed E-state index contributed by atoms with van der Waals surface area (Å²) in [5.74, 6) is -0.146. The van der Waals surface area contributed by atoms with Gasteiger partial charge in [0, 0.05) is 6.04 Å². The molecule has 0 aliphatic carbocycles. The minimum Gasteiger partial charge on any atom is -0.463 e. The van der Waals surface area contributed by atoms with E-state index in [0.717, 1.165) is 24.2 Å². The van der Waals surface area contributed by atoms with Crippen LogP contribution in [0.1, 0.15) is 26.0 Å². The number of hydrogen-bond acceptors (Lipinski definition) is 5. The van der Waals surface area contributed by atoms with Gasteiger partial charge < -0.3 is 9.73 Å². The molecular weight excluding hydrogens is 343 g/mol. The SMILES string of the molecule is CCC(C)NC(=O)CSc1nc(-c2ccco2)cc(C(F)(F)F)n1. The van der Waals surface area contributed by atoms with Crippen molar-refractivity contribution in [1.29, 1.82) is 0 Å². The Balaban J connectivity index is 2.20. The average Bonchev–Trinajstić information content (AvgIpc) is 3.06. The number of carbonyl (C=O) groups excluding carboxylic acids is 1. The molecule has 130 valence electrons. The van der Waals surface area contributed by atoms with Gasteiger partial charge in [-0.25, -0.2) is 9.97 Å². The lowest BCUT2D eigenvalue weighted by atomic mass is 10.2. The topological polar surface area (TPSA) is 68.0 Å². The van der Waals surface area contributed by atoms with Crippen molar-refractivity contribution < 1.29 is 22.4 Å². The molecule has 0 saturated heterocycles. The smallest absolute Gasteiger partial charge is 0.433 e. The van der Waals surface area contributed by atoms with E-state index in [-0.39, 0.29) is 34.3 Å². The number of nitrogens with one attached hydrogen (secondary N) is 1. The maximum atomic E-state index is 13.0. The molecule has 1 unspecified atom stereocenters. The summed E-state index contributed by atoms with van der Waals surface area (Å²) in [7, 11) is 0. The van der Waals surface area contributed by atoms with Crippen molar-refractivity contribution in [3.63, 3.8) is 0 Å². The monoisotopic (exact) mass is 359 g/mol. The Bertz CT molecular complexity index is 690. The van der Waals surface area contributed by atoms with Gasteiger partial charge in [0.25, 0.3) is 0 Å². The fourth-order valence-electron chi connectivity index (χ4n) is 1.73. The van der Waals surface area contributed by atoms with Crippen LogP contribution in [0.4, 0.5) is 13.2 Å². The minimum atomic E-state index is -4.61. The number of aromatic nitrogens is 2. The Morgan fingerprint density at radius 2 is 2.17 bits per heavy atom. The van der Waals surface area contributed by atoms with Crippen molar-refractivity contribution in [2.24, 2.45) is 0 Å². The first-order valence-electron chi connectivity index (χ1n) is 7.22. The van der Waals surface area contributed by atoms with E-state index in [4.69, 9.17) is 4.42 Å². The molecule has 0 fully saturated rings. The van der Waals surface area contributed by atoms with Crippen LogP contribution < -0.4 is 5.32 Å². The maximum Gasteiger partial charge on any atom is 0.433 e. The van der Waals surface area contributed by atoms with Crippen LogP contribution in [0, 0.1) is 0 Å². The highest BCUT2D eigenvalue weighted by molar-refractivity contribution is 7.99. The van der Waals surface area contributed by atoms with Gasteiger partial charge >= 0.3 is 6.18 Å². The van der Waals surface area contributed by atoms with Gasteiger partial charge in [-0.05, 0) is 31.5 Å². The molecule has 0 aliphatic rings. The number of amides is 1. The number of thioether (sulfide) groups is 1. The number of alkyl halides is 3. The predicted molar refractivity (Wildman–Crippen MR) is 83.4 cm³/mol. The van der Waals surface area contributed by atoms with Crippen LogP contribution in [0.5, 0.6) is 0 Å². The van der Waals surface area contributed by atoms with E-state index in [1.807, 2.05) is 13.8 Å². The minimum absolute atomic E-state index is 0.000734. The summed E-state index contributed by atoms with van der Waals surface area (Å²) < 4.78 is 44.1. The van der Waals surface area contributed by atoms with Gasteiger partial charge in [0.1, 0.15) is 11.4 Å². The van der Waals surface area contributed by atoms with Gasteiger partial charge in [-0.3, -0.25) is 4.79 Å². The summed E-state index contributed by atoms with van der Waals surface area (Å²) in [4.78, 5) is 19.3. The summed E-state index contributed by atoms with van der Waals surface area (Å²) in [5, 5.41) is 2.60. The summed E-state index contributed by atoms with van der Waals surface area (Å²) in [5.41, 5.74) is -1.05. The van der Waals surface area contributed by atoms with Gasteiger partial charge in [-0.15, -0.1) is 0 Å². The van der Waals surface area contributed by atoms with Gasteiger partial charge in [0.2, 0.25) is 5.91 Å².